The molecule has 5 nitrogen and oxygen atoms in total. The highest BCUT2D eigenvalue weighted by molar-refractivity contribution is 5.98. The fourth-order valence-corrected chi connectivity index (χ4v) is 3.23. The first-order valence-corrected chi connectivity index (χ1v) is 7.73. The van der Waals surface area contributed by atoms with Gasteiger partial charge in [0.2, 0.25) is 6.79 Å². The predicted octanol–water partition coefficient (Wildman–Crippen LogP) is 2.29. The second-order valence-electron chi connectivity index (χ2n) is 6.05. The van der Waals surface area contributed by atoms with Crippen molar-refractivity contribution in [1.29, 1.82) is 0 Å². The van der Waals surface area contributed by atoms with Crippen molar-refractivity contribution in [2.24, 2.45) is 0 Å². The summed E-state index contributed by atoms with van der Waals surface area (Å²) in [5.74, 6) is 0.425. The quantitative estimate of drug-likeness (QED) is 0.918. The number of benzene rings is 2. The molecule has 2 heterocycles. The largest absolute Gasteiger partial charge is 0.454 e. The molecular formula is C18H16FNO4. The highest BCUT2D eigenvalue weighted by Crippen LogP contribution is 2.38. The first-order valence-electron chi connectivity index (χ1n) is 7.73. The van der Waals surface area contributed by atoms with Crippen LogP contribution in [-0.4, -0.2) is 35.8 Å². The lowest BCUT2D eigenvalue weighted by atomic mass is 9.93. The monoisotopic (exact) mass is 329 g/mol. The third kappa shape index (κ3) is 2.39. The molecule has 0 saturated carbocycles. The van der Waals surface area contributed by atoms with Crippen LogP contribution in [0.1, 0.15) is 22.3 Å². The first kappa shape index (κ1) is 15.0. The Hall–Kier alpha value is -2.60. The molecule has 24 heavy (non-hydrogen) atoms. The van der Waals surface area contributed by atoms with Crippen molar-refractivity contribution in [3.05, 3.63) is 59.4 Å². The Morgan fingerprint density at radius 3 is 2.75 bits per heavy atom. The molecule has 2 aliphatic rings. The number of hydrogen-bond acceptors (Lipinski definition) is 4. The standard InChI is InChI=1S/C18H16FNO4/c19-13-6-4-12(5-7-13)18(22)8-9-20(10-18)17(21)14-2-1-3-15-16(14)24-11-23-15/h1-7,22H,8-11H2. The van der Waals surface area contributed by atoms with Crippen LogP contribution >= 0.6 is 0 Å². The number of para-hydroxylation sites is 1. The van der Waals surface area contributed by atoms with Crippen LogP contribution < -0.4 is 9.47 Å². The van der Waals surface area contributed by atoms with Gasteiger partial charge < -0.3 is 19.5 Å². The van der Waals surface area contributed by atoms with Crippen molar-refractivity contribution >= 4 is 5.91 Å². The van der Waals surface area contributed by atoms with Crippen LogP contribution in [0.15, 0.2) is 42.5 Å². The van der Waals surface area contributed by atoms with Crippen LogP contribution in [0.3, 0.4) is 0 Å². The van der Waals surface area contributed by atoms with Gasteiger partial charge in [0.25, 0.3) is 5.91 Å². The van der Waals surface area contributed by atoms with Crippen molar-refractivity contribution in [3.8, 4) is 11.5 Å². The molecular weight excluding hydrogens is 313 g/mol. The van der Waals surface area contributed by atoms with Crippen LogP contribution in [-0.2, 0) is 5.60 Å². The molecule has 0 bridgehead atoms. The molecule has 4 rings (SSSR count). The average molecular weight is 329 g/mol. The van der Waals surface area contributed by atoms with Crippen molar-refractivity contribution in [1.82, 2.24) is 4.90 Å². The number of nitrogens with zero attached hydrogens (tertiary/aromatic N) is 1. The molecule has 1 atom stereocenters. The molecule has 2 aromatic carbocycles. The van der Waals surface area contributed by atoms with Gasteiger partial charge in [0.05, 0.1) is 12.1 Å². The second-order valence-corrected chi connectivity index (χ2v) is 6.05. The van der Waals surface area contributed by atoms with E-state index in [0.29, 0.717) is 35.6 Å². The van der Waals surface area contributed by atoms with Gasteiger partial charge in [-0.2, -0.15) is 0 Å². The SMILES string of the molecule is O=C(c1cccc2c1OCO2)N1CCC(O)(c2ccc(F)cc2)C1. The maximum atomic E-state index is 13.1. The summed E-state index contributed by atoms with van der Waals surface area (Å²) in [6, 6.07) is 10.9. The lowest BCUT2D eigenvalue weighted by Gasteiger charge is -2.24. The summed E-state index contributed by atoms with van der Waals surface area (Å²) in [4.78, 5) is 14.4. The number of amides is 1. The Morgan fingerprint density at radius 1 is 1.17 bits per heavy atom. The molecule has 1 saturated heterocycles. The van der Waals surface area contributed by atoms with E-state index < -0.39 is 5.60 Å². The van der Waals surface area contributed by atoms with Crippen molar-refractivity contribution in [2.45, 2.75) is 12.0 Å². The summed E-state index contributed by atoms with van der Waals surface area (Å²) in [6.07, 6.45) is 0.400. The van der Waals surface area contributed by atoms with E-state index in [4.69, 9.17) is 9.47 Å². The predicted molar refractivity (Wildman–Crippen MR) is 83.4 cm³/mol. The molecule has 0 radical (unpaired) electrons. The molecule has 1 amide bonds. The summed E-state index contributed by atoms with van der Waals surface area (Å²) < 4.78 is 23.8. The van der Waals surface area contributed by atoms with Gasteiger partial charge >= 0.3 is 0 Å². The Balaban J connectivity index is 1.58. The number of β-amino-alcohol motifs (C(OH)–C–C–N with tert-alkyl or cyclic N) is 1. The minimum atomic E-state index is -1.17. The van der Waals surface area contributed by atoms with Crippen LogP contribution in [0.4, 0.5) is 4.39 Å². The molecule has 6 heteroatoms. The summed E-state index contributed by atoms with van der Waals surface area (Å²) in [5.41, 5.74) is -0.135. The van der Waals surface area contributed by atoms with Gasteiger partial charge in [0.1, 0.15) is 11.4 Å². The van der Waals surface area contributed by atoms with Crippen molar-refractivity contribution < 1.29 is 23.8 Å². The Labute approximate surface area is 138 Å². The molecule has 2 aromatic rings. The lowest BCUT2D eigenvalue weighted by Crippen LogP contribution is -2.34. The van der Waals surface area contributed by atoms with E-state index in [1.54, 1.807) is 35.2 Å². The first-order chi connectivity index (χ1) is 11.6. The van der Waals surface area contributed by atoms with E-state index in [9.17, 15) is 14.3 Å². The van der Waals surface area contributed by atoms with E-state index >= 15 is 0 Å². The normalized spacial score (nSPS) is 22.0. The molecule has 0 aromatic heterocycles. The molecule has 1 fully saturated rings. The smallest absolute Gasteiger partial charge is 0.257 e. The number of rotatable bonds is 2. The van der Waals surface area contributed by atoms with Crippen LogP contribution in [0.5, 0.6) is 11.5 Å². The summed E-state index contributed by atoms with van der Waals surface area (Å²) in [5, 5.41) is 10.8. The summed E-state index contributed by atoms with van der Waals surface area (Å²) in [6.45, 7) is 0.665. The zero-order valence-corrected chi connectivity index (χ0v) is 12.9. The number of fused-ring (bicyclic) bond motifs is 1. The van der Waals surface area contributed by atoms with Crippen LogP contribution in [0, 0.1) is 5.82 Å². The molecule has 0 aliphatic carbocycles. The third-order valence-corrected chi connectivity index (χ3v) is 4.54. The number of halogens is 1. The Bertz CT molecular complexity index is 792. The lowest BCUT2D eigenvalue weighted by molar-refractivity contribution is 0.0415. The number of likely N-dealkylation sites (tertiary alicyclic amines) is 1. The van der Waals surface area contributed by atoms with E-state index in [0.717, 1.165) is 0 Å². The fraction of sp³-hybridized carbons (Fsp3) is 0.278. The van der Waals surface area contributed by atoms with Gasteiger partial charge in [0.15, 0.2) is 11.5 Å². The average Bonchev–Trinajstić information content (AvgIpc) is 3.22. The highest BCUT2D eigenvalue weighted by Gasteiger charge is 2.40. The van der Waals surface area contributed by atoms with E-state index in [2.05, 4.69) is 0 Å². The molecule has 2 aliphatic heterocycles. The third-order valence-electron chi connectivity index (χ3n) is 4.54. The van der Waals surface area contributed by atoms with Gasteiger partial charge in [-0.25, -0.2) is 4.39 Å². The molecule has 1 N–H and O–H groups in total. The maximum Gasteiger partial charge on any atom is 0.257 e. The Kier molecular flexibility index (Phi) is 3.42. The zero-order chi connectivity index (χ0) is 16.7. The highest BCUT2D eigenvalue weighted by atomic mass is 19.1. The van der Waals surface area contributed by atoms with Crippen molar-refractivity contribution in [3.63, 3.8) is 0 Å². The zero-order valence-electron chi connectivity index (χ0n) is 12.9. The number of aliphatic hydroxyl groups is 1. The summed E-state index contributed by atoms with van der Waals surface area (Å²) in [7, 11) is 0. The number of carbonyl (C=O) groups is 1. The van der Waals surface area contributed by atoms with Crippen molar-refractivity contribution in [2.75, 3.05) is 19.9 Å². The number of carbonyl (C=O) groups excluding carboxylic acids is 1. The Morgan fingerprint density at radius 2 is 1.96 bits per heavy atom. The maximum absolute atomic E-state index is 13.1. The minimum absolute atomic E-state index is 0.0964. The molecule has 124 valence electrons. The van der Waals surface area contributed by atoms with Crippen LogP contribution in [0.25, 0.3) is 0 Å². The van der Waals surface area contributed by atoms with Gasteiger partial charge in [0, 0.05) is 6.54 Å². The second kappa shape index (κ2) is 5.49. The van der Waals surface area contributed by atoms with Gasteiger partial charge in [-0.15, -0.1) is 0 Å². The van der Waals surface area contributed by atoms with Crippen LogP contribution in [0.2, 0.25) is 0 Å². The van der Waals surface area contributed by atoms with Gasteiger partial charge in [-0.3, -0.25) is 4.79 Å². The van der Waals surface area contributed by atoms with Gasteiger partial charge in [-0.05, 0) is 36.2 Å². The fourth-order valence-electron chi connectivity index (χ4n) is 3.23. The van der Waals surface area contributed by atoms with E-state index in [-0.39, 0.29) is 25.1 Å². The number of hydrogen-bond donors (Lipinski definition) is 1. The minimum Gasteiger partial charge on any atom is -0.454 e. The number of ether oxygens (including phenoxy) is 2. The van der Waals surface area contributed by atoms with Gasteiger partial charge in [-0.1, -0.05) is 18.2 Å². The molecule has 0 spiro atoms. The molecule has 1 unspecified atom stereocenters. The topological polar surface area (TPSA) is 59.0 Å². The van der Waals surface area contributed by atoms with E-state index in [1.165, 1.54) is 12.1 Å². The van der Waals surface area contributed by atoms with E-state index in [1.807, 2.05) is 0 Å². The summed E-state index contributed by atoms with van der Waals surface area (Å²) >= 11 is 0.